The molecule has 1 aromatic heterocycles. The van der Waals surface area contributed by atoms with Gasteiger partial charge in [-0.1, -0.05) is 43.2 Å². The lowest BCUT2D eigenvalue weighted by Gasteiger charge is -2.27. The lowest BCUT2D eigenvalue weighted by Crippen LogP contribution is -2.35. The summed E-state index contributed by atoms with van der Waals surface area (Å²) in [6.07, 6.45) is 7.15. The van der Waals surface area contributed by atoms with Crippen molar-refractivity contribution >= 4 is 5.91 Å². The monoisotopic (exact) mass is 366 g/mol. The van der Waals surface area contributed by atoms with Crippen molar-refractivity contribution in [3.8, 4) is 0 Å². The largest absolute Gasteiger partial charge is 0.353 e. The predicted octanol–water partition coefficient (Wildman–Crippen LogP) is 2.93. The van der Waals surface area contributed by atoms with E-state index in [9.17, 15) is 4.79 Å². The van der Waals surface area contributed by atoms with Crippen LogP contribution in [0.1, 0.15) is 49.1 Å². The van der Waals surface area contributed by atoms with E-state index in [1.165, 1.54) is 24.1 Å². The van der Waals surface area contributed by atoms with Gasteiger partial charge in [0.05, 0.1) is 17.9 Å². The molecule has 2 heterocycles. The minimum absolute atomic E-state index is 0.178. The standard InChI is InChI=1S/C22H30N4O/c27-22(23-19-8-4-5-9-19)11-10-20-16-21-17-25(14-15-26(21)24-20)13-12-18-6-2-1-3-7-18/h1-3,6-7,16,19H,4-5,8-15,17H2,(H,23,27). The number of carbonyl (C=O) groups is 1. The van der Waals surface area contributed by atoms with Crippen LogP contribution in [0.4, 0.5) is 0 Å². The first kappa shape index (κ1) is 18.2. The van der Waals surface area contributed by atoms with Crippen LogP contribution in [0.3, 0.4) is 0 Å². The van der Waals surface area contributed by atoms with Gasteiger partial charge in [-0.05, 0) is 30.9 Å². The Morgan fingerprint density at radius 2 is 1.93 bits per heavy atom. The highest BCUT2D eigenvalue weighted by atomic mass is 16.1. The Hall–Kier alpha value is -2.14. The molecule has 1 aromatic carbocycles. The molecule has 0 bridgehead atoms. The Labute approximate surface area is 161 Å². The van der Waals surface area contributed by atoms with Gasteiger partial charge in [0.15, 0.2) is 0 Å². The maximum absolute atomic E-state index is 12.1. The lowest BCUT2D eigenvalue weighted by molar-refractivity contribution is -0.121. The van der Waals surface area contributed by atoms with Gasteiger partial charge in [0.25, 0.3) is 0 Å². The van der Waals surface area contributed by atoms with Crippen LogP contribution >= 0.6 is 0 Å². The van der Waals surface area contributed by atoms with E-state index in [0.29, 0.717) is 12.5 Å². The number of nitrogens with zero attached hydrogens (tertiary/aromatic N) is 3. The van der Waals surface area contributed by atoms with Crippen molar-refractivity contribution in [3.05, 3.63) is 53.3 Å². The van der Waals surface area contributed by atoms with Crippen molar-refractivity contribution < 1.29 is 4.79 Å². The van der Waals surface area contributed by atoms with Gasteiger partial charge in [-0.15, -0.1) is 0 Å². The van der Waals surface area contributed by atoms with Crippen molar-refractivity contribution in [1.29, 1.82) is 0 Å². The summed E-state index contributed by atoms with van der Waals surface area (Å²) in [5.74, 6) is 0.178. The molecule has 4 rings (SSSR count). The second-order valence-corrected chi connectivity index (χ2v) is 7.91. The van der Waals surface area contributed by atoms with Crippen LogP contribution in [0.2, 0.25) is 0 Å². The van der Waals surface area contributed by atoms with E-state index in [-0.39, 0.29) is 5.91 Å². The number of amides is 1. The Balaban J connectivity index is 1.25. The molecular weight excluding hydrogens is 336 g/mol. The topological polar surface area (TPSA) is 50.2 Å². The van der Waals surface area contributed by atoms with E-state index >= 15 is 0 Å². The third kappa shape index (κ3) is 4.98. The van der Waals surface area contributed by atoms with E-state index in [2.05, 4.69) is 51.3 Å². The molecule has 5 nitrogen and oxygen atoms in total. The molecule has 0 spiro atoms. The van der Waals surface area contributed by atoms with Gasteiger partial charge in [0.1, 0.15) is 0 Å². The summed E-state index contributed by atoms with van der Waals surface area (Å²) in [6.45, 7) is 4.02. The van der Waals surface area contributed by atoms with Gasteiger partial charge in [0, 0.05) is 38.5 Å². The van der Waals surface area contributed by atoms with Crippen molar-refractivity contribution in [1.82, 2.24) is 20.0 Å². The quantitative estimate of drug-likeness (QED) is 0.820. The first-order valence-corrected chi connectivity index (χ1v) is 10.4. The summed E-state index contributed by atoms with van der Waals surface area (Å²) in [6, 6.07) is 13.3. The smallest absolute Gasteiger partial charge is 0.220 e. The van der Waals surface area contributed by atoms with Crippen LogP contribution in [0, 0.1) is 0 Å². The molecule has 0 saturated heterocycles. The van der Waals surface area contributed by atoms with Crippen LogP contribution in [0.25, 0.3) is 0 Å². The zero-order valence-corrected chi connectivity index (χ0v) is 16.1. The van der Waals surface area contributed by atoms with E-state index < -0.39 is 0 Å². The number of aryl methyl sites for hydroxylation is 1. The summed E-state index contributed by atoms with van der Waals surface area (Å²) >= 11 is 0. The number of rotatable bonds is 7. The zero-order chi connectivity index (χ0) is 18.5. The molecule has 0 atom stereocenters. The Kier molecular flexibility index (Phi) is 5.87. The number of nitrogens with one attached hydrogen (secondary N) is 1. The van der Waals surface area contributed by atoms with Crippen molar-refractivity contribution in [2.75, 3.05) is 13.1 Å². The SMILES string of the molecule is O=C(CCc1cc2n(n1)CCN(CCc1ccccc1)C2)NC1CCCC1. The van der Waals surface area contributed by atoms with Crippen molar-refractivity contribution in [3.63, 3.8) is 0 Å². The van der Waals surface area contributed by atoms with E-state index in [0.717, 1.165) is 57.6 Å². The summed E-state index contributed by atoms with van der Waals surface area (Å²) < 4.78 is 2.13. The molecule has 1 N–H and O–H groups in total. The van der Waals surface area contributed by atoms with Gasteiger partial charge in [0.2, 0.25) is 5.91 Å². The average molecular weight is 367 g/mol. The molecule has 5 heteroatoms. The van der Waals surface area contributed by atoms with E-state index in [1.807, 2.05) is 0 Å². The Morgan fingerprint density at radius 3 is 2.74 bits per heavy atom. The number of carbonyl (C=O) groups excluding carboxylic acids is 1. The average Bonchev–Trinajstić information content (AvgIpc) is 3.34. The molecule has 27 heavy (non-hydrogen) atoms. The number of fused-ring (bicyclic) bond motifs is 1. The van der Waals surface area contributed by atoms with Crippen LogP contribution in [-0.2, 0) is 30.7 Å². The second-order valence-electron chi connectivity index (χ2n) is 7.91. The fourth-order valence-corrected chi connectivity index (χ4v) is 4.24. The van der Waals surface area contributed by atoms with Gasteiger partial charge < -0.3 is 5.32 Å². The first-order chi connectivity index (χ1) is 13.3. The Morgan fingerprint density at radius 1 is 1.11 bits per heavy atom. The molecule has 1 amide bonds. The summed E-state index contributed by atoms with van der Waals surface area (Å²) in [5, 5.41) is 7.89. The molecule has 0 radical (unpaired) electrons. The molecule has 1 fully saturated rings. The molecule has 1 aliphatic carbocycles. The van der Waals surface area contributed by atoms with Gasteiger partial charge in [-0.25, -0.2) is 0 Å². The fraction of sp³-hybridized carbons (Fsp3) is 0.545. The van der Waals surface area contributed by atoms with E-state index in [4.69, 9.17) is 5.10 Å². The van der Waals surface area contributed by atoms with Gasteiger partial charge >= 0.3 is 0 Å². The molecule has 2 aliphatic rings. The minimum atomic E-state index is 0.178. The highest BCUT2D eigenvalue weighted by Crippen LogP contribution is 2.18. The second kappa shape index (κ2) is 8.70. The molecule has 0 unspecified atom stereocenters. The number of hydrogen-bond acceptors (Lipinski definition) is 3. The van der Waals surface area contributed by atoms with Crippen LogP contribution in [0.15, 0.2) is 36.4 Å². The number of aromatic nitrogens is 2. The highest BCUT2D eigenvalue weighted by Gasteiger charge is 2.20. The third-order valence-electron chi connectivity index (χ3n) is 5.82. The first-order valence-electron chi connectivity index (χ1n) is 10.4. The highest BCUT2D eigenvalue weighted by molar-refractivity contribution is 5.76. The zero-order valence-electron chi connectivity index (χ0n) is 16.1. The Bertz CT molecular complexity index is 749. The van der Waals surface area contributed by atoms with Gasteiger partial charge in [-0.3, -0.25) is 14.4 Å². The fourth-order valence-electron chi connectivity index (χ4n) is 4.24. The van der Waals surface area contributed by atoms with Crippen molar-refractivity contribution in [2.24, 2.45) is 0 Å². The summed E-state index contributed by atoms with van der Waals surface area (Å²) in [7, 11) is 0. The van der Waals surface area contributed by atoms with Crippen LogP contribution in [0.5, 0.6) is 0 Å². The van der Waals surface area contributed by atoms with Crippen molar-refractivity contribution in [2.45, 2.75) is 64.1 Å². The third-order valence-corrected chi connectivity index (χ3v) is 5.82. The summed E-state index contributed by atoms with van der Waals surface area (Å²) in [4.78, 5) is 14.6. The molecule has 1 saturated carbocycles. The molecule has 144 valence electrons. The maximum Gasteiger partial charge on any atom is 0.220 e. The molecular formula is C22H30N4O. The van der Waals surface area contributed by atoms with Crippen LogP contribution in [-0.4, -0.2) is 39.7 Å². The maximum atomic E-state index is 12.1. The van der Waals surface area contributed by atoms with Gasteiger partial charge in [-0.2, -0.15) is 5.10 Å². The van der Waals surface area contributed by atoms with Crippen LogP contribution < -0.4 is 5.32 Å². The number of hydrogen-bond donors (Lipinski definition) is 1. The van der Waals surface area contributed by atoms with E-state index in [1.54, 1.807) is 0 Å². The number of benzene rings is 1. The minimum Gasteiger partial charge on any atom is -0.353 e. The summed E-state index contributed by atoms with van der Waals surface area (Å²) in [5.41, 5.74) is 3.72. The normalized spacial score (nSPS) is 17.8. The molecule has 2 aromatic rings. The lowest BCUT2D eigenvalue weighted by atomic mass is 10.1. The predicted molar refractivity (Wildman–Crippen MR) is 106 cm³/mol. The molecule has 1 aliphatic heterocycles.